The Balaban J connectivity index is 2.10. The van der Waals surface area contributed by atoms with Gasteiger partial charge in [0.2, 0.25) is 5.78 Å². The second-order valence-electron chi connectivity index (χ2n) is 6.36. The van der Waals surface area contributed by atoms with Crippen LogP contribution < -0.4 is 5.56 Å². The largest absolute Gasteiger partial charge is 0.384 e. The average molecular weight is 380 g/mol. The molecular formula is C20H20N4O2S. The highest BCUT2D eigenvalue weighted by Gasteiger charge is 2.19. The molecule has 138 valence electrons. The Morgan fingerprint density at radius 2 is 1.78 bits per heavy atom. The summed E-state index contributed by atoms with van der Waals surface area (Å²) in [7, 11) is 1.68. The van der Waals surface area contributed by atoms with E-state index < -0.39 is 0 Å². The van der Waals surface area contributed by atoms with Gasteiger partial charge in [-0.3, -0.25) is 9.20 Å². The molecule has 0 aliphatic carbocycles. The molecule has 0 unspecified atom stereocenters. The molecule has 0 bridgehead atoms. The number of hydrogen-bond donors (Lipinski definition) is 0. The summed E-state index contributed by atoms with van der Waals surface area (Å²) >= 11 is 1.56. The van der Waals surface area contributed by atoms with E-state index >= 15 is 0 Å². The normalized spacial score (nSPS) is 11.5. The molecule has 0 radical (unpaired) electrons. The van der Waals surface area contributed by atoms with Crippen molar-refractivity contribution in [1.29, 1.82) is 0 Å². The van der Waals surface area contributed by atoms with Gasteiger partial charge < -0.3 is 4.74 Å². The number of ether oxygens (including phenoxy) is 1. The van der Waals surface area contributed by atoms with E-state index in [1.54, 1.807) is 23.4 Å². The van der Waals surface area contributed by atoms with E-state index in [0.29, 0.717) is 17.8 Å². The molecule has 7 heteroatoms. The Bertz CT molecular complexity index is 1180. The topological polar surface area (TPSA) is 61.4 Å². The summed E-state index contributed by atoms with van der Waals surface area (Å²) in [5.74, 6) is 1.28. The highest BCUT2D eigenvalue weighted by atomic mass is 32.2. The molecule has 0 aliphatic rings. The lowest BCUT2D eigenvalue weighted by Gasteiger charge is -2.15. The lowest BCUT2D eigenvalue weighted by Crippen LogP contribution is -2.23. The fraction of sp³-hybridized carbons (Fsp3) is 0.250. The van der Waals surface area contributed by atoms with Gasteiger partial charge in [0.1, 0.15) is 0 Å². The molecule has 0 saturated heterocycles. The molecular weight excluding hydrogens is 360 g/mol. The molecule has 27 heavy (non-hydrogen) atoms. The number of fused-ring (bicyclic) bond motifs is 3. The van der Waals surface area contributed by atoms with Crippen LogP contribution in [-0.2, 0) is 4.74 Å². The summed E-state index contributed by atoms with van der Waals surface area (Å²) in [6, 6.07) is 13.6. The van der Waals surface area contributed by atoms with Gasteiger partial charge in [-0.1, -0.05) is 42.1 Å². The number of thioether (sulfide) groups is 1. The second kappa shape index (κ2) is 7.17. The summed E-state index contributed by atoms with van der Waals surface area (Å²) < 4.78 is 8.79. The minimum atomic E-state index is -0.0867. The first-order valence-corrected chi connectivity index (χ1v) is 9.69. The van der Waals surface area contributed by atoms with Gasteiger partial charge in [0.05, 0.1) is 23.2 Å². The van der Waals surface area contributed by atoms with Crippen LogP contribution in [0.2, 0.25) is 0 Å². The lowest BCUT2D eigenvalue weighted by atomic mass is 10.1. The first kappa shape index (κ1) is 17.8. The smallest absolute Gasteiger partial charge is 0.267 e. The van der Waals surface area contributed by atoms with E-state index in [-0.39, 0.29) is 5.56 Å². The highest BCUT2D eigenvalue weighted by Crippen LogP contribution is 2.25. The summed E-state index contributed by atoms with van der Waals surface area (Å²) in [4.78, 5) is 13.4. The fourth-order valence-electron chi connectivity index (χ4n) is 3.35. The zero-order chi connectivity index (χ0) is 19.0. The standard InChI is InChI=1S/C20H20N4O2S/c1-13-7-6-8-14(2)17(13)24-18(25)15-9-4-5-10-16(15)23-19(24)21-22-20(23)27-12-11-26-3/h4-10H,11-12H2,1-3H3. The fourth-order valence-corrected chi connectivity index (χ4v) is 4.19. The third-order valence-electron chi connectivity index (χ3n) is 4.58. The average Bonchev–Trinajstić information content (AvgIpc) is 3.08. The molecule has 0 aliphatic heterocycles. The zero-order valence-corrected chi connectivity index (χ0v) is 16.3. The van der Waals surface area contributed by atoms with Crippen LogP contribution in [0.15, 0.2) is 52.4 Å². The Kier molecular flexibility index (Phi) is 4.72. The van der Waals surface area contributed by atoms with Crippen LogP contribution in [0.1, 0.15) is 11.1 Å². The summed E-state index contributed by atoms with van der Waals surface area (Å²) in [5.41, 5.74) is 3.62. The quantitative estimate of drug-likeness (QED) is 0.392. The van der Waals surface area contributed by atoms with Crippen molar-refractivity contribution in [1.82, 2.24) is 19.2 Å². The SMILES string of the molecule is COCCSc1nnc2n(-c3c(C)cccc3C)c(=O)c3ccccc3n12. The summed E-state index contributed by atoms with van der Waals surface area (Å²) in [6.45, 7) is 4.63. The first-order chi connectivity index (χ1) is 13.1. The second-order valence-corrected chi connectivity index (χ2v) is 7.42. The van der Waals surface area contributed by atoms with Crippen molar-refractivity contribution in [3.63, 3.8) is 0 Å². The molecule has 0 fully saturated rings. The number of rotatable bonds is 5. The first-order valence-electron chi connectivity index (χ1n) is 8.70. The molecule has 0 amide bonds. The third-order valence-corrected chi connectivity index (χ3v) is 5.47. The Morgan fingerprint density at radius 3 is 2.52 bits per heavy atom. The van der Waals surface area contributed by atoms with Crippen molar-refractivity contribution in [3.05, 3.63) is 63.9 Å². The van der Waals surface area contributed by atoms with Gasteiger partial charge in [0, 0.05) is 12.9 Å². The predicted molar refractivity (Wildman–Crippen MR) is 108 cm³/mol. The third kappa shape index (κ3) is 2.93. The van der Waals surface area contributed by atoms with Crippen LogP contribution in [0, 0.1) is 13.8 Å². The Labute approximate surface area is 160 Å². The summed E-state index contributed by atoms with van der Waals surface area (Å²) in [6.07, 6.45) is 0. The number of para-hydroxylation sites is 2. The minimum Gasteiger partial charge on any atom is -0.384 e. The monoisotopic (exact) mass is 380 g/mol. The highest BCUT2D eigenvalue weighted by molar-refractivity contribution is 7.99. The number of benzene rings is 2. The van der Waals surface area contributed by atoms with Crippen LogP contribution in [0.5, 0.6) is 0 Å². The molecule has 0 spiro atoms. The van der Waals surface area contributed by atoms with Crippen LogP contribution in [0.3, 0.4) is 0 Å². The molecule has 4 rings (SSSR count). The number of aromatic nitrogens is 4. The van der Waals surface area contributed by atoms with Crippen LogP contribution in [0.25, 0.3) is 22.4 Å². The zero-order valence-electron chi connectivity index (χ0n) is 15.5. The molecule has 4 aromatic rings. The lowest BCUT2D eigenvalue weighted by molar-refractivity contribution is 0.218. The van der Waals surface area contributed by atoms with Crippen molar-refractivity contribution in [3.8, 4) is 5.69 Å². The van der Waals surface area contributed by atoms with Crippen LogP contribution >= 0.6 is 11.8 Å². The van der Waals surface area contributed by atoms with Crippen LogP contribution in [0.4, 0.5) is 0 Å². The van der Waals surface area contributed by atoms with Gasteiger partial charge in [-0.05, 0) is 37.1 Å². The minimum absolute atomic E-state index is 0.0867. The number of aryl methyl sites for hydroxylation is 2. The molecule has 6 nitrogen and oxygen atoms in total. The molecule has 2 aromatic carbocycles. The molecule has 2 heterocycles. The van der Waals surface area contributed by atoms with Gasteiger partial charge in [-0.15, -0.1) is 10.2 Å². The van der Waals surface area contributed by atoms with E-state index in [0.717, 1.165) is 33.2 Å². The maximum atomic E-state index is 13.4. The van der Waals surface area contributed by atoms with E-state index in [2.05, 4.69) is 10.2 Å². The van der Waals surface area contributed by atoms with Gasteiger partial charge in [0.15, 0.2) is 5.16 Å². The Hall–Kier alpha value is -2.64. The van der Waals surface area contributed by atoms with Gasteiger partial charge in [-0.25, -0.2) is 4.57 Å². The molecule has 0 atom stereocenters. The van der Waals surface area contributed by atoms with Gasteiger partial charge in [0.25, 0.3) is 5.56 Å². The van der Waals surface area contributed by atoms with Crippen molar-refractivity contribution in [2.24, 2.45) is 0 Å². The maximum absolute atomic E-state index is 13.4. The number of hydrogen-bond acceptors (Lipinski definition) is 5. The van der Waals surface area contributed by atoms with Crippen molar-refractivity contribution >= 4 is 28.4 Å². The number of methoxy groups -OCH3 is 1. The Morgan fingerprint density at radius 1 is 1.04 bits per heavy atom. The van der Waals surface area contributed by atoms with E-state index in [9.17, 15) is 4.79 Å². The van der Waals surface area contributed by atoms with Gasteiger partial charge >= 0.3 is 0 Å². The van der Waals surface area contributed by atoms with Crippen molar-refractivity contribution in [2.45, 2.75) is 19.0 Å². The summed E-state index contributed by atoms with van der Waals surface area (Å²) in [5, 5.41) is 10.1. The number of nitrogens with zero attached hydrogens (tertiary/aromatic N) is 4. The van der Waals surface area contributed by atoms with Crippen molar-refractivity contribution < 1.29 is 4.74 Å². The van der Waals surface area contributed by atoms with E-state index in [1.165, 1.54) is 0 Å². The van der Waals surface area contributed by atoms with Crippen molar-refractivity contribution in [2.75, 3.05) is 19.5 Å². The molecule has 2 aromatic heterocycles. The van der Waals surface area contributed by atoms with E-state index in [4.69, 9.17) is 4.74 Å². The van der Waals surface area contributed by atoms with Crippen LogP contribution in [-0.4, -0.2) is 38.6 Å². The van der Waals surface area contributed by atoms with E-state index in [1.807, 2.05) is 60.7 Å². The predicted octanol–water partition coefficient (Wildman–Crippen LogP) is 3.39. The van der Waals surface area contributed by atoms with Gasteiger partial charge in [-0.2, -0.15) is 0 Å². The molecule has 0 saturated carbocycles. The molecule has 0 N–H and O–H groups in total. The maximum Gasteiger partial charge on any atom is 0.267 e.